The molecule has 0 aliphatic carbocycles. The second kappa shape index (κ2) is 12.5. The predicted octanol–water partition coefficient (Wildman–Crippen LogP) is 4.25. The smallest absolute Gasteiger partial charge is 0.340 e. The molecule has 0 aliphatic heterocycles. The van der Waals surface area contributed by atoms with Crippen molar-refractivity contribution < 1.29 is 41.3 Å². The van der Waals surface area contributed by atoms with Gasteiger partial charge in [-0.15, -0.1) is 0 Å². The van der Waals surface area contributed by atoms with Crippen LogP contribution in [0.5, 0.6) is 17.2 Å². The number of rotatable bonds is 11. The lowest BCUT2D eigenvalue weighted by Crippen LogP contribution is -2.29. The summed E-state index contributed by atoms with van der Waals surface area (Å²) >= 11 is 0. The summed E-state index contributed by atoms with van der Waals surface area (Å²) in [5.74, 6) is -0.906. The molecule has 0 bridgehead atoms. The molecule has 39 heavy (non-hydrogen) atoms. The Balaban J connectivity index is 2.02. The van der Waals surface area contributed by atoms with Crippen molar-refractivity contribution >= 4 is 33.3 Å². The maximum atomic E-state index is 13.5. The molecule has 0 heterocycles. The number of carbonyl (C=O) groups is 2. The zero-order valence-corrected chi connectivity index (χ0v) is 22.9. The van der Waals surface area contributed by atoms with Gasteiger partial charge in [0.25, 0.3) is 5.91 Å². The van der Waals surface area contributed by atoms with E-state index in [9.17, 15) is 22.4 Å². The number of anilines is 2. The fraction of sp³-hybridized carbons (Fsp3) is 0.259. The second-order valence-corrected chi connectivity index (χ2v) is 10.1. The zero-order valence-electron chi connectivity index (χ0n) is 22.1. The summed E-state index contributed by atoms with van der Waals surface area (Å²) in [7, 11) is 0.228. The Morgan fingerprint density at radius 1 is 0.923 bits per heavy atom. The van der Waals surface area contributed by atoms with Crippen LogP contribution in [0, 0.1) is 5.82 Å². The molecule has 0 saturated carbocycles. The number of sulfonamides is 1. The highest BCUT2D eigenvalue weighted by atomic mass is 32.2. The third-order valence-corrected chi connectivity index (χ3v) is 6.77. The molecule has 0 atom stereocenters. The number of amides is 1. The van der Waals surface area contributed by atoms with Crippen LogP contribution in [0.3, 0.4) is 0 Å². The third kappa shape index (κ3) is 6.96. The van der Waals surface area contributed by atoms with E-state index in [1.165, 1.54) is 57.7 Å². The third-order valence-electron chi connectivity index (χ3n) is 5.63. The van der Waals surface area contributed by atoms with Crippen molar-refractivity contribution in [1.82, 2.24) is 0 Å². The minimum Gasteiger partial charge on any atom is -0.494 e. The van der Waals surface area contributed by atoms with E-state index in [0.29, 0.717) is 17.9 Å². The summed E-state index contributed by atoms with van der Waals surface area (Å²) in [5.41, 5.74) is 0.939. The molecule has 0 saturated heterocycles. The van der Waals surface area contributed by atoms with Crippen LogP contribution in [0.1, 0.15) is 33.2 Å². The fourth-order valence-electron chi connectivity index (χ4n) is 3.76. The van der Waals surface area contributed by atoms with Crippen LogP contribution in [-0.4, -0.2) is 54.5 Å². The van der Waals surface area contributed by atoms with Gasteiger partial charge in [-0.05, 0) is 49.4 Å². The Kier molecular flexibility index (Phi) is 9.36. The first kappa shape index (κ1) is 29.2. The molecule has 208 valence electrons. The SMILES string of the molecule is CCOc1ccc(C(=O)Nc2cc(OC)c(OC)cc2C(=O)OC)cc1CN(c1ccc(F)cc1)S(C)(=O)=O. The van der Waals surface area contributed by atoms with Crippen molar-refractivity contribution in [1.29, 1.82) is 0 Å². The molecular weight excluding hydrogens is 531 g/mol. The van der Waals surface area contributed by atoms with Crippen LogP contribution in [0.4, 0.5) is 15.8 Å². The van der Waals surface area contributed by atoms with Gasteiger partial charge >= 0.3 is 5.97 Å². The van der Waals surface area contributed by atoms with E-state index in [1.54, 1.807) is 13.0 Å². The number of ether oxygens (including phenoxy) is 4. The molecule has 3 aromatic rings. The molecule has 0 unspecified atom stereocenters. The lowest BCUT2D eigenvalue weighted by atomic mass is 10.1. The van der Waals surface area contributed by atoms with Crippen LogP contribution < -0.4 is 23.8 Å². The Labute approximate surface area is 226 Å². The van der Waals surface area contributed by atoms with Crippen LogP contribution in [0.15, 0.2) is 54.6 Å². The number of benzene rings is 3. The van der Waals surface area contributed by atoms with Crippen LogP contribution in [0.25, 0.3) is 0 Å². The van der Waals surface area contributed by atoms with E-state index in [0.717, 1.165) is 22.7 Å². The molecular formula is C27H29FN2O8S. The highest BCUT2D eigenvalue weighted by Crippen LogP contribution is 2.34. The number of esters is 1. The molecule has 0 aromatic heterocycles. The maximum Gasteiger partial charge on any atom is 0.340 e. The van der Waals surface area contributed by atoms with Crippen molar-refractivity contribution in [2.24, 2.45) is 0 Å². The standard InChI is InChI=1S/C27H29FN2O8S/c1-6-38-23-12-7-17(13-18(23)16-30(39(5,33)34)20-10-8-19(28)9-11-20)26(31)29-22-15-25(36-3)24(35-2)14-21(22)27(32)37-4/h7-15H,6,16H2,1-5H3,(H,29,31). The van der Waals surface area contributed by atoms with Gasteiger partial charge in [-0.3, -0.25) is 9.10 Å². The lowest BCUT2D eigenvalue weighted by molar-refractivity contribution is 0.0601. The summed E-state index contributed by atoms with van der Waals surface area (Å²) in [4.78, 5) is 25.7. The Morgan fingerprint density at radius 2 is 1.56 bits per heavy atom. The van der Waals surface area contributed by atoms with Crippen LogP contribution >= 0.6 is 0 Å². The van der Waals surface area contributed by atoms with Gasteiger partial charge in [-0.1, -0.05) is 0 Å². The second-order valence-electron chi connectivity index (χ2n) is 8.20. The molecule has 12 heteroatoms. The van der Waals surface area contributed by atoms with E-state index in [2.05, 4.69) is 5.32 Å². The van der Waals surface area contributed by atoms with Gasteiger partial charge in [0.05, 0.1) is 57.7 Å². The molecule has 0 radical (unpaired) electrons. The molecule has 1 N–H and O–H groups in total. The lowest BCUT2D eigenvalue weighted by Gasteiger charge is -2.24. The van der Waals surface area contributed by atoms with Gasteiger partial charge in [0.1, 0.15) is 11.6 Å². The number of halogens is 1. The molecule has 10 nitrogen and oxygen atoms in total. The van der Waals surface area contributed by atoms with Gasteiger partial charge in [-0.25, -0.2) is 17.6 Å². The summed E-state index contributed by atoms with van der Waals surface area (Å²) in [6.45, 7) is 1.87. The Morgan fingerprint density at radius 3 is 2.13 bits per heavy atom. The first-order valence-electron chi connectivity index (χ1n) is 11.7. The van der Waals surface area contributed by atoms with Crippen molar-refractivity contribution in [3.63, 3.8) is 0 Å². The fourth-order valence-corrected chi connectivity index (χ4v) is 4.64. The van der Waals surface area contributed by atoms with E-state index in [-0.39, 0.29) is 40.5 Å². The normalized spacial score (nSPS) is 10.9. The van der Waals surface area contributed by atoms with Crippen molar-refractivity contribution in [2.45, 2.75) is 13.5 Å². The Bertz CT molecular complexity index is 1460. The highest BCUT2D eigenvalue weighted by Gasteiger charge is 2.23. The number of carbonyl (C=O) groups excluding carboxylic acids is 2. The largest absolute Gasteiger partial charge is 0.494 e. The van der Waals surface area contributed by atoms with Gasteiger partial charge < -0.3 is 24.3 Å². The molecule has 3 aromatic carbocycles. The van der Waals surface area contributed by atoms with Gasteiger partial charge in [-0.2, -0.15) is 0 Å². The number of nitrogens with one attached hydrogen (secondary N) is 1. The van der Waals surface area contributed by atoms with E-state index >= 15 is 0 Å². The molecule has 0 fully saturated rings. The molecule has 1 amide bonds. The van der Waals surface area contributed by atoms with E-state index < -0.39 is 27.7 Å². The summed E-state index contributed by atoms with van der Waals surface area (Å²) in [6, 6.07) is 12.4. The average Bonchev–Trinajstić information content (AvgIpc) is 2.91. The monoisotopic (exact) mass is 560 g/mol. The summed E-state index contributed by atoms with van der Waals surface area (Å²) < 4.78 is 60.9. The first-order valence-corrected chi connectivity index (χ1v) is 13.5. The van der Waals surface area contributed by atoms with Crippen LogP contribution in [-0.2, 0) is 21.3 Å². The van der Waals surface area contributed by atoms with E-state index in [4.69, 9.17) is 18.9 Å². The van der Waals surface area contributed by atoms with Gasteiger partial charge in [0.15, 0.2) is 11.5 Å². The first-order chi connectivity index (χ1) is 18.5. The van der Waals surface area contributed by atoms with Crippen molar-refractivity contribution in [3.05, 3.63) is 77.1 Å². The van der Waals surface area contributed by atoms with E-state index in [1.807, 2.05) is 0 Å². The topological polar surface area (TPSA) is 120 Å². The van der Waals surface area contributed by atoms with Gasteiger partial charge in [0.2, 0.25) is 10.0 Å². The quantitative estimate of drug-likeness (QED) is 0.346. The number of nitrogens with zero attached hydrogens (tertiary/aromatic N) is 1. The number of hydrogen-bond acceptors (Lipinski definition) is 8. The van der Waals surface area contributed by atoms with Crippen molar-refractivity contribution in [3.8, 4) is 17.2 Å². The van der Waals surface area contributed by atoms with Crippen molar-refractivity contribution in [2.75, 3.05) is 43.8 Å². The average molecular weight is 561 g/mol. The molecule has 3 rings (SSSR count). The molecule has 0 aliphatic rings. The number of methoxy groups -OCH3 is 3. The number of hydrogen-bond donors (Lipinski definition) is 1. The minimum atomic E-state index is -3.80. The zero-order chi connectivity index (χ0) is 28.7. The van der Waals surface area contributed by atoms with Gasteiger partial charge in [0, 0.05) is 23.3 Å². The Hall–Kier alpha value is -4.32. The maximum absolute atomic E-state index is 13.5. The summed E-state index contributed by atoms with van der Waals surface area (Å²) in [5, 5.41) is 2.68. The minimum absolute atomic E-state index is 0.0363. The van der Waals surface area contributed by atoms with Crippen LogP contribution in [0.2, 0.25) is 0 Å². The molecule has 0 spiro atoms. The summed E-state index contributed by atoms with van der Waals surface area (Å²) in [6.07, 6.45) is 1.03. The highest BCUT2D eigenvalue weighted by molar-refractivity contribution is 7.92. The predicted molar refractivity (Wildman–Crippen MR) is 144 cm³/mol.